The van der Waals surface area contributed by atoms with Crippen LogP contribution in [-0.2, 0) is 9.59 Å². The molecule has 4 heteroatoms. The van der Waals surface area contributed by atoms with E-state index in [0.717, 1.165) is 25.7 Å². The number of ketones is 2. The van der Waals surface area contributed by atoms with Gasteiger partial charge in [-0.1, -0.05) is 12.8 Å². The molecule has 3 rings (SSSR count). The molecule has 6 atom stereocenters. The summed E-state index contributed by atoms with van der Waals surface area (Å²) >= 11 is 0. The Kier molecular flexibility index (Phi) is 3.02. The van der Waals surface area contributed by atoms with E-state index in [-0.39, 0.29) is 23.4 Å². The molecule has 0 aromatic carbocycles. The Hall–Kier alpha value is -0.740. The third-order valence-corrected chi connectivity index (χ3v) is 5.11. The molecule has 3 aliphatic rings. The first-order chi connectivity index (χ1) is 8.61. The van der Waals surface area contributed by atoms with Gasteiger partial charge in [0.25, 0.3) is 0 Å². The summed E-state index contributed by atoms with van der Waals surface area (Å²) in [5, 5.41) is 20.0. The first kappa shape index (κ1) is 12.3. The van der Waals surface area contributed by atoms with Gasteiger partial charge >= 0.3 is 0 Å². The Morgan fingerprint density at radius 3 is 1.61 bits per heavy atom. The normalized spacial score (nSPS) is 48.6. The lowest BCUT2D eigenvalue weighted by Gasteiger charge is -2.46. The highest BCUT2D eigenvalue weighted by molar-refractivity contribution is 6.00. The van der Waals surface area contributed by atoms with Crippen molar-refractivity contribution in [3.05, 3.63) is 0 Å². The van der Waals surface area contributed by atoms with Crippen LogP contribution in [0.5, 0.6) is 0 Å². The van der Waals surface area contributed by atoms with Crippen LogP contribution in [0.2, 0.25) is 0 Å². The van der Waals surface area contributed by atoms with Crippen molar-refractivity contribution in [2.45, 2.75) is 50.7 Å². The molecular weight excluding hydrogens is 232 g/mol. The van der Waals surface area contributed by atoms with Crippen molar-refractivity contribution in [3.8, 4) is 0 Å². The third kappa shape index (κ3) is 1.66. The van der Waals surface area contributed by atoms with Crippen molar-refractivity contribution in [1.82, 2.24) is 0 Å². The number of aliphatic hydroxyl groups excluding tert-OH is 2. The number of hydrogen-bond donors (Lipinski definition) is 2. The van der Waals surface area contributed by atoms with Gasteiger partial charge in [0.15, 0.2) is 0 Å². The molecule has 3 aliphatic carbocycles. The molecule has 2 N–H and O–H groups in total. The Bertz CT molecular complexity index is 346. The summed E-state index contributed by atoms with van der Waals surface area (Å²) in [5.74, 6) is -1.58. The fourth-order valence-corrected chi connectivity index (χ4v) is 4.26. The third-order valence-electron chi connectivity index (χ3n) is 5.11. The monoisotopic (exact) mass is 252 g/mol. The molecule has 0 heterocycles. The Labute approximate surface area is 106 Å². The van der Waals surface area contributed by atoms with Crippen molar-refractivity contribution in [2.75, 3.05) is 0 Å². The minimum absolute atomic E-state index is 0.0519. The van der Waals surface area contributed by atoms with E-state index in [1.165, 1.54) is 0 Å². The summed E-state index contributed by atoms with van der Waals surface area (Å²) in [4.78, 5) is 24.9. The van der Waals surface area contributed by atoms with Crippen LogP contribution in [0.3, 0.4) is 0 Å². The number of Topliss-reactive ketones (excluding diaryl/α,β-unsaturated/α-hetero) is 2. The zero-order valence-electron chi connectivity index (χ0n) is 10.4. The Morgan fingerprint density at radius 1 is 0.722 bits per heavy atom. The SMILES string of the molecule is O=C1C2CCCC(O)C2C(=O)C2C(O)CCCC12. The van der Waals surface area contributed by atoms with Gasteiger partial charge in [0, 0.05) is 11.8 Å². The highest BCUT2D eigenvalue weighted by Gasteiger charge is 2.55. The molecule has 3 saturated carbocycles. The van der Waals surface area contributed by atoms with Crippen LogP contribution in [0, 0.1) is 23.7 Å². The second kappa shape index (κ2) is 4.42. The summed E-state index contributed by atoms with van der Waals surface area (Å²) in [6.45, 7) is 0. The van der Waals surface area contributed by atoms with Crippen LogP contribution in [0.25, 0.3) is 0 Å². The van der Waals surface area contributed by atoms with Crippen LogP contribution >= 0.6 is 0 Å². The molecule has 0 aromatic rings. The number of rotatable bonds is 0. The van der Waals surface area contributed by atoms with Crippen molar-refractivity contribution in [3.63, 3.8) is 0 Å². The zero-order valence-corrected chi connectivity index (χ0v) is 10.4. The lowest BCUT2D eigenvalue weighted by Crippen LogP contribution is -2.57. The van der Waals surface area contributed by atoms with Gasteiger partial charge < -0.3 is 10.2 Å². The van der Waals surface area contributed by atoms with Crippen molar-refractivity contribution >= 4 is 11.6 Å². The minimum atomic E-state index is -0.685. The van der Waals surface area contributed by atoms with E-state index in [9.17, 15) is 19.8 Å². The first-order valence-electron chi connectivity index (χ1n) is 7.05. The topological polar surface area (TPSA) is 74.6 Å². The van der Waals surface area contributed by atoms with E-state index in [4.69, 9.17) is 0 Å². The predicted octanol–water partition coefficient (Wildman–Crippen LogP) is 0.693. The van der Waals surface area contributed by atoms with Crippen molar-refractivity contribution < 1.29 is 19.8 Å². The second-order valence-corrected chi connectivity index (χ2v) is 6.07. The second-order valence-electron chi connectivity index (χ2n) is 6.07. The molecule has 0 aromatic heterocycles. The van der Waals surface area contributed by atoms with E-state index in [0.29, 0.717) is 12.8 Å². The molecule has 0 bridgehead atoms. The van der Waals surface area contributed by atoms with Crippen LogP contribution in [0.4, 0.5) is 0 Å². The minimum Gasteiger partial charge on any atom is -0.392 e. The lowest BCUT2D eigenvalue weighted by molar-refractivity contribution is -0.162. The van der Waals surface area contributed by atoms with E-state index in [1.807, 2.05) is 0 Å². The van der Waals surface area contributed by atoms with Crippen LogP contribution in [0.15, 0.2) is 0 Å². The highest BCUT2D eigenvalue weighted by Crippen LogP contribution is 2.46. The fourth-order valence-electron chi connectivity index (χ4n) is 4.26. The molecule has 0 radical (unpaired) electrons. The molecule has 0 spiro atoms. The standard InChI is InChI=1S/C14H20O4/c15-9-5-1-3-7-11(9)14(18)12-8(13(7)17)4-2-6-10(12)16/h7-12,15-16H,1-6H2. The quantitative estimate of drug-likeness (QED) is 0.665. The van der Waals surface area contributed by atoms with Crippen molar-refractivity contribution in [2.24, 2.45) is 23.7 Å². The summed E-state index contributed by atoms with van der Waals surface area (Å²) in [6, 6.07) is 0. The van der Waals surface area contributed by atoms with Gasteiger partial charge in [0.1, 0.15) is 11.6 Å². The predicted molar refractivity (Wildman–Crippen MR) is 63.7 cm³/mol. The average molecular weight is 252 g/mol. The van der Waals surface area contributed by atoms with Gasteiger partial charge in [-0.3, -0.25) is 9.59 Å². The van der Waals surface area contributed by atoms with Crippen LogP contribution < -0.4 is 0 Å². The first-order valence-corrected chi connectivity index (χ1v) is 7.05. The number of hydrogen-bond acceptors (Lipinski definition) is 4. The maximum Gasteiger partial charge on any atom is 0.145 e. The maximum absolute atomic E-state index is 12.5. The molecule has 3 fully saturated rings. The van der Waals surface area contributed by atoms with Gasteiger partial charge in [0.2, 0.25) is 0 Å². The van der Waals surface area contributed by atoms with Crippen LogP contribution in [0.1, 0.15) is 38.5 Å². The summed E-state index contributed by atoms with van der Waals surface area (Å²) in [6.07, 6.45) is 2.94. The lowest BCUT2D eigenvalue weighted by atomic mass is 9.57. The number of carbonyl (C=O) groups is 2. The molecule has 0 saturated heterocycles. The summed E-state index contributed by atoms with van der Waals surface area (Å²) in [5.41, 5.74) is 0. The smallest absolute Gasteiger partial charge is 0.145 e. The molecule has 100 valence electrons. The fraction of sp³-hybridized carbons (Fsp3) is 0.857. The number of aliphatic hydroxyl groups is 2. The van der Waals surface area contributed by atoms with Gasteiger partial charge in [-0.2, -0.15) is 0 Å². The number of carbonyl (C=O) groups excluding carboxylic acids is 2. The van der Waals surface area contributed by atoms with E-state index >= 15 is 0 Å². The molecule has 4 nitrogen and oxygen atoms in total. The molecule has 0 amide bonds. The molecule has 18 heavy (non-hydrogen) atoms. The van der Waals surface area contributed by atoms with Crippen LogP contribution in [-0.4, -0.2) is 34.0 Å². The zero-order chi connectivity index (χ0) is 12.9. The largest absolute Gasteiger partial charge is 0.392 e. The van der Waals surface area contributed by atoms with Gasteiger partial charge in [0.05, 0.1) is 24.0 Å². The maximum atomic E-state index is 12.5. The summed E-state index contributed by atoms with van der Waals surface area (Å²) < 4.78 is 0. The highest BCUT2D eigenvalue weighted by atomic mass is 16.3. The van der Waals surface area contributed by atoms with Gasteiger partial charge in [-0.25, -0.2) is 0 Å². The average Bonchev–Trinajstić information content (AvgIpc) is 2.35. The number of fused-ring (bicyclic) bond motifs is 2. The molecular formula is C14H20O4. The van der Waals surface area contributed by atoms with Gasteiger partial charge in [-0.05, 0) is 25.7 Å². The van der Waals surface area contributed by atoms with E-state index in [1.54, 1.807) is 0 Å². The molecule has 0 aliphatic heterocycles. The van der Waals surface area contributed by atoms with E-state index in [2.05, 4.69) is 0 Å². The summed E-state index contributed by atoms with van der Waals surface area (Å²) in [7, 11) is 0. The molecule has 6 unspecified atom stereocenters. The van der Waals surface area contributed by atoms with Gasteiger partial charge in [-0.15, -0.1) is 0 Å². The Balaban J connectivity index is 1.95. The Morgan fingerprint density at radius 2 is 1.17 bits per heavy atom. The van der Waals surface area contributed by atoms with Crippen molar-refractivity contribution in [1.29, 1.82) is 0 Å². The van der Waals surface area contributed by atoms with E-state index < -0.39 is 24.0 Å².